The average Bonchev–Trinajstić information content (AvgIpc) is 3.16. The van der Waals surface area contributed by atoms with Crippen LogP contribution in [-0.2, 0) is 0 Å². The molecule has 0 bridgehead atoms. The third-order valence-corrected chi connectivity index (χ3v) is 3.50. The number of anilines is 1. The number of hydrogen-bond donors (Lipinski definition) is 3. The molecule has 0 atom stereocenters. The van der Waals surface area contributed by atoms with Gasteiger partial charge in [0.15, 0.2) is 0 Å². The third kappa shape index (κ3) is 2.81. The summed E-state index contributed by atoms with van der Waals surface area (Å²) in [6, 6.07) is 10.0. The van der Waals surface area contributed by atoms with Crippen LogP contribution < -0.4 is 4.72 Å². The third-order valence-electron chi connectivity index (χ3n) is 2.68. The molecule has 20 heavy (non-hydrogen) atoms. The Bertz CT molecular complexity index is 707. The number of fused-ring (bicyclic) bond motifs is 1. The highest BCUT2D eigenvalue weighted by Gasteiger charge is 2.06. The van der Waals surface area contributed by atoms with Crippen molar-refractivity contribution in [2.45, 2.75) is 18.7 Å². The fourth-order valence-corrected chi connectivity index (χ4v) is 2.48. The summed E-state index contributed by atoms with van der Waals surface area (Å²) >= 11 is 1.53. The van der Waals surface area contributed by atoms with Gasteiger partial charge in [0.1, 0.15) is 6.07 Å². The van der Waals surface area contributed by atoms with E-state index in [0.717, 1.165) is 21.5 Å². The molecule has 0 saturated heterocycles. The number of nitriles is 1. The van der Waals surface area contributed by atoms with Crippen LogP contribution >= 0.6 is 11.9 Å². The highest BCUT2D eigenvalue weighted by Crippen LogP contribution is 2.28. The van der Waals surface area contributed by atoms with Crippen LogP contribution in [0.15, 0.2) is 47.8 Å². The van der Waals surface area contributed by atoms with Gasteiger partial charge in [0.05, 0.1) is 16.8 Å². The van der Waals surface area contributed by atoms with E-state index in [-0.39, 0.29) is 0 Å². The van der Waals surface area contributed by atoms with Gasteiger partial charge in [-0.1, -0.05) is 26.0 Å². The monoisotopic (exact) mass is 284 g/mol. The molecule has 0 spiro atoms. The van der Waals surface area contributed by atoms with Gasteiger partial charge in [0.2, 0.25) is 0 Å². The van der Waals surface area contributed by atoms with Crippen LogP contribution in [-0.4, -0.2) is 9.97 Å². The van der Waals surface area contributed by atoms with Gasteiger partial charge in [-0.15, -0.1) is 0 Å². The first-order chi connectivity index (χ1) is 9.88. The molecule has 2 aromatic heterocycles. The van der Waals surface area contributed by atoms with E-state index in [2.05, 4.69) is 20.8 Å². The first-order valence-corrected chi connectivity index (χ1v) is 7.26. The fraction of sp³-hybridized carbons (Fsp3) is 0.133. The molecule has 3 rings (SSSR count). The van der Waals surface area contributed by atoms with Crippen molar-refractivity contribution in [3.05, 3.63) is 48.4 Å². The normalized spacial score (nSPS) is 9.65. The SMILES string of the molecule is CC.N#Cc1c[nH]c2c(NSc3cc[nH]c3)cccc12. The summed E-state index contributed by atoms with van der Waals surface area (Å²) in [5.41, 5.74) is 2.59. The minimum absolute atomic E-state index is 0.667. The van der Waals surface area contributed by atoms with Crippen LogP contribution in [0.2, 0.25) is 0 Å². The van der Waals surface area contributed by atoms with Gasteiger partial charge in [-0.05, 0) is 24.1 Å². The van der Waals surface area contributed by atoms with Crippen LogP contribution in [0.25, 0.3) is 10.9 Å². The summed E-state index contributed by atoms with van der Waals surface area (Å²) in [7, 11) is 0. The Labute approximate surface area is 122 Å². The topological polar surface area (TPSA) is 67.4 Å². The Kier molecular flexibility index (Phi) is 4.75. The van der Waals surface area contributed by atoms with Crippen LogP contribution in [0.3, 0.4) is 0 Å². The predicted octanol–water partition coefficient (Wildman–Crippen LogP) is 4.51. The highest BCUT2D eigenvalue weighted by molar-refractivity contribution is 8.00. The fourth-order valence-electron chi connectivity index (χ4n) is 1.82. The number of benzene rings is 1. The molecule has 0 aliphatic carbocycles. The summed E-state index contributed by atoms with van der Waals surface area (Å²) in [6.45, 7) is 4.00. The Morgan fingerprint density at radius 2 is 2.05 bits per heavy atom. The molecule has 0 fully saturated rings. The summed E-state index contributed by atoms with van der Waals surface area (Å²) in [5, 5.41) is 9.94. The van der Waals surface area contributed by atoms with Crippen molar-refractivity contribution in [2.24, 2.45) is 0 Å². The molecule has 3 aromatic rings. The zero-order valence-electron chi connectivity index (χ0n) is 11.4. The van der Waals surface area contributed by atoms with Crippen LogP contribution in [0.1, 0.15) is 19.4 Å². The quantitative estimate of drug-likeness (QED) is 0.620. The maximum Gasteiger partial charge on any atom is 0.101 e. The van der Waals surface area contributed by atoms with Gasteiger partial charge in [-0.3, -0.25) is 0 Å². The Morgan fingerprint density at radius 3 is 2.75 bits per heavy atom. The average molecular weight is 284 g/mol. The predicted molar refractivity (Wildman–Crippen MR) is 84.6 cm³/mol. The van der Waals surface area contributed by atoms with Crippen LogP contribution in [0.4, 0.5) is 5.69 Å². The lowest BCUT2D eigenvalue weighted by Gasteiger charge is -2.05. The zero-order valence-corrected chi connectivity index (χ0v) is 12.2. The molecule has 0 aliphatic rings. The van der Waals surface area contributed by atoms with Gasteiger partial charge in [-0.2, -0.15) is 5.26 Å². The molecule has 3 N–H and O–H groups in total. The Balaban J connectivity index is 0.000000704. The number of nitrogens with zero attached hydrogens (tertiary/aromatic N) is 1. The number of rotatable bonds is 3. The second kappa shape index (κ2) is 6.73. The lowest BCUT2D eigenvalue weighted by atomic mass is 10.2. The van der Waals surface area contributed by atoms with Gasteiger partial charge in [-0.25, -0.2) is 0 Å². The van der Waals surface area contributed by atoms with Crippen LogP contribution in [0.5, 0.6) is 0 Å². The first-order valence-electron chi connectivity index (χ1n) is 6.44. The van der Waals surface area contributed by atoms with E-state index in [4.69, 9.17) is 5.26 Å². The van der Waals surface area contributed by atoms with Gasteiger partial charge >= 0.3 is 0 Å². The molecule has 0 amide bonds. The number of aromatic amines is 2. The zero-order chi connectivity index (χ0) is 14.4. The maximum atomic E-state index is 9.00. The minimum Gasteiger partial charge on any atom is -0.367 e. The van der Waals surface area contributed by atoms with Crippen molar-refractivity contribution in [2.75, 3.05) is 4.72 Å². The van der Waals surface area contributed by atoms with E-state index in [1.807, 2.05) is 50.5 Å². The summed E-state index contributed by atoms with van der Waals surface area (Å²) < 4.78 is 3.28. The molecule has 102 valence electrons. The first kappa shape index (κ1) is 14.1. The van der Waals surface area contributed by atoms with Crippen molar-refractivity contribution in [1.82, 2.24) is 9.97 Å². The smallest absolute Gasteiger partial charge is 0.101 e. The molecule has 0 radical (unpaired) electrons. The molecule has 2 heterocycles. The van der Waals surface area contributed by atoms with E-state index < -0.39 is 0 Å². The van der Waals surface area contributed by atoms with Crippen LogP contribution in [0, 0.1) is 11.3 Å². The lowest BCUT2D eigenvalue weighted by Crippen LogP contribution is -1.87. The highest BCUT2D eigenvalue weighted by atomic mass is 32.2. The molecule has 1 aromatic carbocycles. The Morgan fingerprint density at radius 1 is 1.20 bits per heavy atom. The molecule has 5 heteroatoms. The van der Waals surface area contributed by atoms with E-state index in [9.17, 15) is 0 Å². The van der Waals surface area contributed by atoms with E-state index >= 15 is 0 Å². The lowest BCUT2D eigenvalue weighted by molar-refractivity contribution is 1.38. The van der Waals surface area contributed by atoms with Gasteiger partial charge in [0, 0.05) is 28.9 Å². The van der Waals surface area contributed by atoms with Crippen molar-refractivity contribution >= 4 is 28.5 Å². The summed E-state index contributed by atoms with van der Waals surface area (Å²) in [4.78, 5) is 7.25. The summed E-state index contributed by atoms with van der Waals surface area (Å²) in [6.07, 6.45) is 5.54. The number of H-pyrrole nitrogens is 2. The summed E-state index contributed by atoms with van der Waals surface area (Å²) in [5.74, 6) is 0. The second-order valence-electron chi connectivity index (χ2n) is 3.79. The minimum atomic E-state index is 0.667. The molecule has 0 unspecified atom stereocenters. The molecule has 0 saturated carbocycles. The van der Waals surface area contributed by atoms with Crippen molar-refractivity contribution in [3.63, 3.8) is 0 Å². The Hall–Kier alpha value is -2.32. The van der Waals surface area contributed by atoms with E-state index in [1.54, 1.807) is 6.20 Å². The molecular weight excluding hydrogens is 268 g/mol. The molecule has 0 aliphatic heterocycles. The second-order valence-corrected chi connectivity index (χ2v) is 4.67. The number of hydrogen-bond acceptors (Lipinski definition) is 3. The number of para-hydroxylation sites is 1. The van der Waals surface area contributed by atoms with E-state index in [0.29, 0.717) is 5.56 Å². The van der Waals surface area contributed by atoms with E-state index in [1.165, 1.54) is 11.9 Å². The van der Waals surface area contributed by atoms with Crippen molar-refractivity contribution < 1.29 is 0 Å². The van der Waals surface area contributed by atoms with Crippen molar-refractivity contribution in [1.29, 1.82) is 5.26 Å². The van der Waals surface area contributed by atoms with Gasteiger partial charge in [0.25, 0.3) is 0 Å². The van der Waals surface area contributed by atoms with Gasteiger partial charge < -0.3 is 14.7 Å². The van der Waals surface area contributed by atoms with Crippen molar-refractivity contribution in [3.8, 4) is 6.07 Å². The maximum absolute atomic E-state index is 9.00. The standard InChI is InChI=1S/C13H10N4S.C2H6/c14-6-9-7-16-13-11(9)2-1-3-12(13)17-18-10-4-5-15-8-10;1-2/h1-5,7-8,15-17H;1-2H3. The largest absolute Gasteiger partial charge is 0.367 e. The number of aromatic nitrogens is 2. The molecular formula is C15H16N4S. The molecule has 4 nitrogen and oxygen atoms in total. The number of nitrogens with one attached hydrogen (secondary N) is 3.